The number of carbonyl (C=O) groups is 1. The molecule has 1 heterocycles. The molecule has 0 bridgehead atoms. The molecule has 1 amide bonds. The van der Waals surface area contributed by atoms with Crippen LogP contribution >= 0.6 is 0 Å². The van der Waals surface area contributed by atoms with Crippen LogP contribution in [0.2, 0.25) is 0 Å². The summed E-state index contributed by atoms with van der Waals surface area (Å²) in [7, 11) is 0. The number of rotatable bonds is 4. The maximum absolute atomic E-state index is 11.0. The summed E-state index contributed by atoms with van der Waals surface area (Å²) in [5, 5.41) is 5.81. The van der Waals surface area contributed by atoms with Crippen molar-refractivity contribution in [3.05, 3.63) is 18.3 Å². The van der Waals surface area contributed by atoms with Gasteiger partial charge in [0.15, 0.2) is 0 Å². The lowest BCUT2D eigenvalue weighted by Gasteiger charge is -2.04. The quantitative estimate of drug-likeness (QED) is 0.767. The Morgan fingerprint density at radius 2 is 2.21 bits per heavy atom. The highest BCUT2D eigenvalue weighted by Crippen LogP contribution is 2.09. The molecule has 0 aliphatic carbocycles. The molecule has 0 aliphatic heterocycles. The van der Waals surface area contributed by atoms with E-state index in [1.54, 1.807) is 6.20 Å². The summed E-state index contributed by atoms with van der Waals surface area (Å²) in [6.45, 7) is 4.66. The van der Waals surface area contributed by atoms with Gasteiger partial charge < -0.3 is 10.6 Å². The molecule has 2 N–H and O–H groups in total. The third-order valence-corrected chi connectivity index (χ3v) is 1.73. The normalized spacial score (nSPS) is 9.57. The number of pyridine rings is 1. The van der Waals surface area contributed by atoms with E-state index in [9.17, 15) is 4.79 Å². The molecule has 0 radical (unpaired) electrons. The molecule has 0 saturated carbocycles. The highest BCUT2D eigenvalue weighted by molar-refractivity contribution is 5.90. The molecule has 0 atom stereocenters. The van der Waals surface area contributed by atoms with Crippen LogP contribution in [0.15, 0.2) is 18.3 Å². The predicted octanol–water partition coefficient (Wildman–Crippen LogP) is 1.86. The van der Waals surface area contributed by atoms with Crippen molar-refractivity contribution in [1.29, 1.82) is 0 Å². The first kappa shape index (κ1) is 10.5. The highest BCUT2D eigenvalue weighted by Gasteiger charge is 1.98. The predicted molar refractivity (Wildman–Crippen MR) is 57.3 cm³/mol. The van der Waals surface area contributed by atoms with Crippen molar-refractivity contribution in [2.45, 2.75) is 20.3 Å². The Balaban J connectivity index is 2.59. The second-order valence-corrected chi connectivity index (χ2v) is 2.86. The smallest absolute Gasteiger partial charge is 0.224 e. The van der Waals surface area contributed by atoms with Gasteiger partial charge in [0.2, 0.25) is 5.91 Å². The molecule has 1 rings (SSSR count). The Morgan fingerprint density at radius 3 is 2.71 bits per heavy atom. The lowest BCUT2D eigenvalue weighted by molar-refractivity contribution is -0.115. The molecule has 4 heteroatoms. The number of hydrogen-bond acceptors (Lipinski definition) is 3. The summed E-state index contributed by atoms with van der Waals surface area (Å²) in [5.74, 6) is 0.824. The maximum Gasteiger partial charge on any atom is 0.224 e. The van der Waals surface area contributed by atoms with Gasteiger partial charge in [0, 0.05) is 13.0 Å². The molecule has 0 aliphatic rings. The van der Waals surface area contributed by atoms with Crippen LogP contribution in [-0.4, -0.2) is 17.4 Å². The third kappa shape index (κ3) is 3.05. The van der Waals surface area contributed by atoms with Gasteiger partial charge >= 0.3 is 0 Å². The Labute approximate surface area is 83.7 Å². The summed E-state index contributed by atoms with van der Waals surface area (Å²) in [6, 6.07) is 3.67. The van der Waals surface area contributed by atoms with Gasteiger partial charge in [-0.1, -0.05) is 6.92 Å². The van der Waals surface area contributed by atoms with Gasteiger partial charge in [-0.3, -0.25) is 4.79 Å². The van der Waals surface area contributed by atoms with Crippen molar-refractivity contribution in [2.75, 3.05) is 17.2 Å². The maximum atomic E-state index is 11.0. The Hall–Kier alpha value is -1.58. The Morgan fingerprint density at radius 1 is 1.43 bits per heavy atom. The van der Waals surface area contributed by atoms with E-state index in [-0.39, 0.29) is 5.91 Å². The van der Waals surface area contributed by atoms with E-state index in [0.29, 0.717) is 6.42 Å². The number of hydrogen-bond donors (Lipinski definition) is 2. The molecular weight excluding hydrogens is 178 g/mol. The van der Waals surface area contributed by atoms with E-state index in [2.05, 4.69) is 15.6 Å². The lowest BCUT2D eigenvalue weighted by atomic mass is 10.3. The van der Waals surface area contributed by atoms with Crippen LogP contribution in [0.25, 0.3) is 0 Å². The van der Waals surface area contributed by atoms with Crippen molar-refractivity contribution >= 4 is 17.4 Å². The van der Waals surface area contributed by atoms with Crippen LogP contribution in [-0.2, 0) is 4.79 Å². The summed E-state index contributed by atoms with van der Waals surface area (Å²) < 4.78 is 0. The number of nitrogens with one attached hydrogen (secondary N) is 2. The first-order valence-corrected chi connectivity index (χ1v) is 4.76. The zero-order valence-corrected chi connectivity index (χ0v) is 8.50. The first-order valence-electron chi connectivity index (χ1n) is 4.76. The van der Waals surface area contributed by atoms with Crippen molar-refractivity contribution in [2.24, 2.45) is 0 Å². The molecular formula is C10H15N3O. The zero-order chi connectivity index (χ0) is 10.4. The van der Waals surface area contributed by atoms with Crippen LogP contribution in [0.4, 0.5) is 11.5 Å². The second kappa shape index (κ2) is 5.21. The van der Waals surface area contributed by atoms with Crippen LogP contribution in [0.1, 0.15) is 20.3 Å². The summed E-state index contributed by atoms with van der Waals surface area (Å²) in [6.07, 6.45) is 2.13. The number of nitrogens with zero attached hydrogens (tertiary/aromatic N) is 1. The van der Waals surface area contributed by atoms with E-state index in [1.807, 2.05) is 26.0 Å². The average molecular weight is 193 g/mol. The number of carbonyl (C=O) groups excluding carboxylic acids is 1. The van der Waals surface area contributed by atoms with Crippen molar-refractivity contribution in [1.82, 2.24) is 4.98 Å². The second-order valence-electron chi connectivity index (χ2n) is 2.86. The minimum atomic E-state index is 0.00278. The van der Waals surface area contributed by atoms with E-state index < -0.39 is 0 Å². The largest absolute Gasteiger partial charge is 0.370 e. The van der Waals surface area contributed by atoms with Crippen molar-refractivity contribution < 1.29 is 4.79 Å². The van der Waals surface area contributed by atoms with Crippen LogP contribution < -0.4 is 10.6 Å². The lowest BCUT2D eigenvalue weighted by Crippen LogP contribution is -2.09. The Kier molecular flexibility index (Phi) is 3.91. The molecule has 14 heavy (non-hydrogen) atoms. The Bertz CT molecular complexity index is 295. The van der Waals surface area contributed by atoms with Gasteiger partial charge in [-0.05, 0) is 19.1 Å². The van der Waals surface area contributed by atoms with Crippen LogP contribution in [0.5, 0.6) is 0 Å². The van der Waals surface area contributed by atoms with Crippen molar-refractivity contribution in [3.63, 3.8) is 0 Å². The number of anilines is 2. The monoisotopic (exact) mass is 193 g/mol. The molecule has 0 unspecified atom stereocenters. The minimum absolute atomic E-state index is 0.00278. The van der Waals surface area contributed by atoms with Gasteiger partial charge in [0.25, 0.3) is 0 Å². The van der Waals surface area contributed by atoms with Crippen LogP contribution in [0, 0.1) is 0 Å². The summed E-state index contributed by atoms with van der Waals surface area (Å²) in [4.78, 5) is 15.2. The molecule has 0 fully saturated rings. The summed E-state index contributed by atoms with van der Waals surface area (Å²) >= 11 is 0. The molecule has 0 saturated heterocycles. The van der Waals surface area contributed by atoms with Gasteiger partial charge in [0.05, 0.1) is 11.9 Å². The van der Waals surface area contributed by atoms with Gasteiger partial charge in [-0.15, -0.1) is 0 Å². The fourth-order valence-electron chi connectivity index (χ4n) is 1.00. The molecule has 1 aromatic heterocycles. The van der Waals surface area contributed by atoms with E-state index in [1.165, 1.54) is 0 Å². The fraction of sp³-hybridized carbons (Fsp3) is 0.400. The SMILES string of the molecule is CCNc1ccc(NC(=O)CC)cn1. The standard InChI is InChI=1S/C10H15N3O/c1-3-10(14)13-8-5-6-9(11-4-2)12-7-8/h5-7H,3-4H2,1-2H3,(H,11,12)(H,13,14). The summed E-state index contributed by atoms with van der Waals surface area (Å²) in [5.41, 5.74) is 0.735. The van der Waals surface area contributed by atoms with Crippen molar-refractivity contribution in [3.8, 4) is 0 Å². The molecule has 1 aromatic rings. The topological polar surface area (TPSA) is 54.0 Å². The van der Waals surface area contributed by atoms with E-state index in [4.69, 9.17) is 0 Å². The van der Waals surface area contributed by atoms with Gasteiger partial charge in [-0.25, -0.2) is 4.98 Å². The molecule has 4 nitrogen and oxygen atoms in total. The first-order chi connectivity index (χ1) is 6.76. The molecule has 0 spiro atoms. The molecule has 76 valence electrons. The zero-order valence-electron chi connectivity index (χ0n) is 8.50. The minimum Gasteiger partial charge on any atom is -0.370 e. The molecule has 0 aromatic carbocycles. The van der Waals surface area contributed by atoms with Gasteiger partial charge in [-0.2, -0.15) is 0 Å². The number of amides is 1. The number of aromatic nitrogens is 1. The van der Waals surface area contributed by atoms with Gasteiger partial charge in [0.1, 0.15) is 5.82 Å². The third-order valence-electron chi connectivity index (χ3n) is 1.73. The fourth-order valence-corrected chi connectivity index (χ4v) is 1.00. The average Bonchev–Trinajstić information content (AvgIpc) is 2.21. The van der Waals surface area contributed by atoms with Crippen LogP contribution in [0.3, 0.4) is 0 Å². The highest BCUT2D eigenvalue weighted by atomic mass is 16.1. The van der Waals surface area contributed by atoms with E-state index in [0.717, 1.165) is 18.1 Å². The van der Waals surface area contributed by atoms with E-state index >= 15 is 0 Å².